The van der Waals surface area contributed by atoms with Gasteiger partial charge in [-0.25, -0.2) is 0 Å². The molecule has 0 aromatic carbocycles. The largest absolute Gasteiger partial charge is 0.486 e. The Balaban J connectivity index is 1.47. The number of hydrogen-bond donors (Lipinski definition) is 0. The van der Waals surface area contributed by atoms with Crippen LogP contribution in [-0.2, 0) is 25.9 Å². The van der Waals surface area contributed by atoms with E-state index >= 15 is 0 Å². The van der Waals surface area contributed by atoms with E-state index in [1.807, 2.05) is 14.2 Å². The fraction of sp³-hybridized carbons (Fsp3) is 1.00. The minimum absolute atomic E-state index is 0.358. The second kappa shape index (κ2) is 11.4. The van der Waals surface area contributed by atoms with Gasteiger partial charge in [0.05, 0.1) is 12.2 Å². The van der Waals surface area contributed by atoms with Crippen molar-refractivity contribution >= 4 is 34.2 Å². The van der Waals surface area contributed by atoms with Crippen molar-refractivity contribution in [1.29, 1.82) is 0 Å². The van der Waals surface area contributed by atoms with E-state index in [9.17, 15) is 0 Å². The van der Waals surface area contributed by atoms with E-state index < -0.39 is 34.2 Å². The van der Waals surface area contributed by atoms with Crippen molar-refractivity contribution in [2.45, 2.75) is 139 Å². The van der Waals surface area contributed by atoms with Crippen LogP contribution in [0.5, 0.6) is 0 Å². The van der Waals surface area contributed by atoms with Crippen LogP contribution in [0.3, 0.4) is 0 Å². The quantitative estimate of drug-likeness (QED) is 0.177. The molecule has 0 radical (unpaired) electrons. The molecule has 4 fully saturated rings. The van der Waals surface area contributed by atoms with Crippen molar-refractivity contribution in [3.05, 3.63) is 0 Å². The van der Waals surface area contributed by atoms with Crippen LogP contribution in [0.25, 0.3) is 0 Å². The molecule has 0 bridgehead atoms. The standard InChI is InChI=1S/C25H52O6Si4/c1-26-34(7,19-18-21-16-17-24-25(20-21)28-24)31-35(27-2,23-14-10-11-15-23)30-33(5,6)29-32(3,4)22-12-8-9-13-22/h21-25H,8-20H2,1-7H3. The number of fused-ring (bicyclic) bond motifs is 1. The molecular weight excluding hydrogens is 509 g/mol. The zero-order valence-electron chi connectivity index (χ0n) is 23.5. The van der Waals surface area contributed by atoms with Gasteiger partial charge in [0, 0.05) is 19.8 Å². The summed E-state index contributed by atoms with van der Waals surface area (Å²) >= 11 is 0. The maximum atomic E-state index is 7.16. The van der Waals surface area contributed by atoms with Gasteiger partial charge in [-0.1, -0.05) is 38.5 Å². The lowest BCUT2D eigenvalue weighted by molar-refractivity contribution is 0.143. The van der Waals surface area contributed by atoms with Gasteiger partial charge in [0.1, 0.15) is 0 Å². The summed E-state index contributed by atoms with van der Waals surface area (Å²) in [4.78, 5) is 0. The highest BCUT2D eigenvalue weighted by Crippen LogP contribution is 2.46. The summed E-state index contributed by atoms with van der Waals surface area (Å²) in [6, 6.07) is 0.991. The number of ether oxygens (including phenoxy) is 1. The van der Waals surface area contributed by atoms with E-state index in [-0.39, 0.29) is 0 Å². The Morgan fingerprint density at radius 1 is 0.686 bits per heavy atom. The van der Waals surface area contributed by atoms with Gasteiger partial charge in [-0.05, 0) is 88.8 Å². The highest BCUT2D eigenvalue weighted by atomic mass is 28.5. The second-order valence-electron chi connectivity index (χ2n) is 12.8. The molecule has 4 aliphatic rings. The van der Waals surface area contributed by atoms with E-state index in [2.05, 4.69) is 32.7 Å². The molecule has 5 unspecified atom stereocenters. The first kappa shape index (κ1) is 28.6. The van der Waals surface area contributed by atoms with Crippen LogP contribution in [0.4, 0.5) is 0 Å². The molecule has 3 aliphatic carbocycles. The Morgan fingerprint density at radius 2 is 1.31 bits per heavy atom. The summed E-state index contributed by atoms with van der Waals surface area (Å²) in [5.74, 6) is 0.725. The minimum Gasteiger partial charge on any atom is -0.436 e. The van der Waals surface area contributed by atoms with Gasteiger partial charge in [-0.3, -0.25) is 0 Å². The zero-order valence-corrected chi connectivity index (χ0v) is 27.5. The van der Waals surface area contributed by atoms with Gasteiger partial charge in [0.25, 0.3) is 0 Å². The van der Waals surface area contributed by atoms with Gasteiger partial charge < -0.3 is 25.9 Å². The monoisotopic (exact) mass is 560 g/mol. The molecule has 5 atom stereocenters. The summed E-state index contributed by atoms with van der Waals surface area (Å²) in [6.45, 7) is 11.5. The number of hydrogen-bond acceptors (Lipinski definition) is 6. The fourth-order valence-corrected chi connectivity index (χ4v) is 26.2. The van der Waals surface area contributed by atoms with Gasteiger partial charge >= 0.3 is 25.9 Å². The predicted octanol–water partition coefficient (Wildman–Crippen LogP) is 7.09. The molecule has 0 amide bonds. The van der Waals surface area contributed by atoms with Crippen LogP contribution in [-0.4, -0.2) is 60.7 Å². The van der Waals surface area contributed by atoms with Crippen molar-refractivity contribution in [2.75, 3.05) is 14.2 Å². The predicted molar refractivity (Wildman–Crippen MR) is 149 cm³/mol. The molecule has 6 nitrogen and oxygen atoms in total. The summed E-state index contributed by atoms with van der Waals surface area (Å²) in [5.41, 5.74) is 1.10. The van der Waals surface area contributed by atoms with E-state index in [0.29, 0.717) is 17.7 Å². The van der Waals surface area contributed by atoms with Crippen molar-refractivity contribution in [1.82, 2.24) is 0 Å². The molecule has 204 valence electrons. The van der Waals surface area contributed by atoms with Crippen LogP contribution in [0.15, 0.2) is 0 Å². The molecule has 1 heterocycles. The molecule has 0 N–H and O–H groups in total. The molecule has 0 aromatic rings. The summed E-state index contributed by atoms with van der Waals surface area (Å²) in [6.07, 6.45) is 16.0. The lowest BCUT2D eigenvalue weighted by Gasteiger charge is -2.45. The van der Waals surface area contributed by atoms with E-state index in [1.54, 1.807) is 0 Å². The third kappa shape index (κ3) is 7.19. The smallest absolute Gasteiger partial charge is 0.436 e. The third-order valence-electron chi connectivity index (χ3n) is 9.28. The maximum Gasteiger partial charge on any atom is 0.486 e. The van der Waals surface area contributed by atoms with Crippen molar-refractivity contribution in [2.24, 2.45) is 5.92 Å². The molecule has 1 saturated heterocycles. The molecule has 0 spiro atoms. The zero-order chi connectivity index (χ0) is 25.3. The van der Waals surface area contributed by atoms with Crippen LogP contribution < -0.4 is 0 Å². The maximum absolute atomic E-state index is 7.16. The SMILES string of the molecule is CO[Si](C)(CCC1CCC2OC2C1)O[Si](OC)(O[Si](C)(C)O[Si](C)(C)C1CCCC1)C1CCCC1. The average molecular weight is 561 g/mol. The lowest BCUT2D eigenvalue weighted by atomic mass is 9.88. The first-order valence-electron chi connectivity index (χ1n) is 14.4. The second-order valence-corrected chi connectivity index (χ2v) is 27.7. The van der Waals surface area contributed by atoms with Crippen molar-refractivity contribution in [3.63, 3.8) is 0 Å². The van der Waals surface area contributed by atoms with E-state index in [1.165, 1.54) is 57.8 Å². The molecule has 35 heavy (non-hydrogen) atoms. The normalized spacial score (nSPS) is 31.8. The molecule has 3 saturated carbocycles. The third-order valence-corrected chi connectivity index (χ3v) is 26.1. The summed E-state index contributed by atoms with van der Waals surface area (Å²) < 4.78 is 39.8. The first-order chi connectivity index (χ1) is 16.5. The molecule has 0 aromatic heterocycles. The van der Waals surface area contributed by atoms with Gasteiger partial charge in [-0.2, -0.15) is 0 Å². The Bertz CT molecular complexity index is 699. The Morgan fingerprint density at radius 3 is 1.89 bits per heavy atom. The lowest BCUT2D eigenvalue weighted by Crippen LogP contribution is -2.63. The summed E-state index contributed by atoms with van der Waals surface area (Å²) in [5, 5.41) is 0. The Hall–Kier alpha value is 0.628. The number of rotatable bonds is 13. The van der Waals surface area contributed by atoms with Crippen molar-refractivity contribution < 1.29 is 25.9 Å². The highest BCUT2D eigenvalue weighted by Gasteiger charge is 2.58. The van der Waals surface area contributed by atoms with Crippen LogP contribution in [0.2, 0.25) is 49.9 Å². The first-order valence-corrected chi connectivity index (χ1v) is 24.5. The highest BCUT2D eigenvalue weighted by molar-refractivity contribution is 6.88. The van der Waals surface area contributed by atoms with Crippen LogP contribution in [0, 0.1) is 5.92 Å². The minimum atomic E-state index is -2.99. The topological polar surface area (TPSA) is 58.7 Å². The van der Waals surface area contributed by atoms with Gasteiger partial charge in [0.2, 0.25) is 0 Å². The van der Waals surface area contributed by atoms with Gasteiger partial charge in [-0.15, -0.1) is 0 Å². The van der Waals surface area contributed by atoms with E-state index in [0.717, 1.165) is 36.8 Å². The van der Waals surface area contributed by atoms with Crippen LogP contribution >= 0.6 is 0 Å². The van der Waals surface area contributed by atoms with Crippen molar-refractivity contribution in [3.8, 4) is 0 Å². The average Bonchev–Trinajstić information content (AvgIpc) is 3.20. The number of epoxide rings is 1. The van der Waals surface area contributed by atoms with E-state index in [4.69, 9.17) is 25.9 Å². The molecule has 4 rings (SSSR count). The molecule has 1 aliphatic heterocycles. The van der Waals surface area contributed by atoms with Crippen LogP contribution in [0.1, 0.15) is 77.0 Å². The van der Waals surface area contributed by atoms with Gasteiger partial charge in [0.15, 0.2) is 8.32 Å². The Kier molecular flexibility index (Phi) is 9.32. The molecule has 10 heteroatoms. The summed E-state index contributed by atoms with van der Waals surface area (Å²) in [7, 11) is -6.13. The Labute approximate surface area is 219 Å². The fourth-order valence-electron chi connectivity index (χ4n) is 7.13. The molecular formula is C25H52O6Si4.